The Labute approximate surface area is 101 Å². The molecule has 2 aliphatic heterocycles. The van der Waals surface area contributed by atoms with E-state index in [1.807, 2.05) is 4.90 Å². The quantitative estimate of drug-likeness (QED) is 0.698. The Balaban J connectivity index is 1.91. The van der Waals surface area contributed by atoms with Gasteiger partial charge in [0.25, 0.3) is 0 Å². The molecule has 2 rings (SSSR count). The van der Waals surface area contributed by atoms with Gasteiger partial charge in [-0.25, -0.2) is 0 Å². The van der Waals surface area contributed by atoms with Crippen molar-refractivity contribution in [1.82, 2.24) is 10.2 Å². The summed E-state index contributed by atoms with van der Waals surface area (Å²) in [5.74, 6) is -0.368. The molecular formula is C12H20N2O3. The van der Waals surface area contributed by atoms with Crippen LogP contribution in [0.15, 0.2) is 0 Å². The molecule has 96 valence electrons. The van der Waals surface area contributed by atoms with Crippen LogP contribution >= 0.6 is 0 Å². The van der Waals surface area contributed by atoms with E-state index in [2.05, 4.69) is 5.32 Å². The largest absolute Gasteiger partial charge is 0.469 e. The molecule has 2 heterocycles. The molecular weight excluding hydrogens is 220 g/mol. The van der Waals surface area contributed by atoms with Crippen LogP contribution in [0.3, 0.4) is 0 Å². The number of likely N-dealkylation sites (tertiary alicyclic amines) is 1. The number of methoxy groups -OCH3 is 1. The van der Waals surface area contributed by atoms with Crippen LogP contribution in [0.5, 0.6) is 0 Å². The number of hydrogen-bond donors (Lipinski definition) is 1. The Hall–Kier alpha value is -1.10. The summed E-state index contributed by atoms with van der Waals surface area (Å²) in [5.41, 5.74) is 0. The average Bonchev–Trinajstić information content (AvgIpc) is 2.38. The predicted octanol–water partition coefficient (Wildman–Crippen LogP) is 0.150. The summed E-state index contributed by atoms with van der Waals surface area (Å²) in [5, 5.41) is 3.29. The van der Waals surface area contributed by atoms with Gasteiger partial charge in [-0.2, -0.15) is 0 Å². The Morgan fingerprint density at radius 3 is 2.65 bits per heavy atom. The molecule has 5 heteroatoms. The number of carbonyl (C=O) groups excluding carboxylic acids is 2. The van der Waals surface area contributed by atoms with E-state index in [0.717, 1.165) is 32.4 Å². The minimum absolute atomic E-state index is 0.110. The minimum atomic E-state index is -0.247. The molecule has 2 fully saturated rings. The standard InChI is InChI=1S/C12H20N2O3/c1-17-12(16)9-4-7-14(11(15)8-9)10-2-5-13-6-3-10/h9-10,13H,2-8H2,1H3. The molecule has 0 aromatic rings. The molecule has 1 unspecified atom stereocenters. The van der Waals surface area contributed by atoms with Crippen molar-refractivity contribution >= 4 is 11.9 Å². The monoisotopic (exact) mass is 240 g/mol. The summed E-state index contributed by atoms with van der Waals surface area (Å²) < 4.78 is 4.70. The van der Waals surface area contributed by atoms with Gasteiger partial charge in [-0.05, 0) is 32.4 Å². The molecule has 0 saturated carbocycles. The lowest BCUT2D eigenvalue weighted by Crippen LogP contribution is -2.50. The number of hydrogen-bond acceptors (Lipinski definition) is 4. The van der Waals surface area contributed by atoms with Gasteiger partial charge in [0.2, 0.25) is 5.91 Å². The second kappa shape index (κ2) is 5.49. The number of amides is 1. The minimum Gasteiger partial charge on any atom is -0.469 e. The topological polar surface area (TPSA) is 58.6 Å². The molecule has 0 aromatic carbocycles. The molecule has 2 saturated heterocycles. The van der Waals surface area contributed by atoms with Crippen LogP contribution in [-0.2, 0) is 14.3 Å². The summed E-state index contributed by atoms with van der Waals surface area (Å²) >= 11 is 0. The summed E-state index contributed by atoms with van der Waals surface area (Å²) in [6.45, 7) is 2.66. The third-order valence-electron chi connectivity index (χ3n) is 3.74. The van der Waals surface area contributed by atoms with Crippen LogP contribution in [0.2, 0.25) is 0 Å². The van der Waals surface area contributed by atoms with Gasteiger partial charge in [0.15, 0.2) is 0 Å². The van der Waals surface area contributed by atoms with Crippen LogP contribution < -0.4 is 5.32 Å². The van der Waals surface area contributed by atoms with E-state index in [-0.39, 0.29) is 17.8 Å². The Kier molecular flexibility index (Phi) is 3.99. The van der Waals surface area contributed by atoms with Crippen molar-refractivity contribution in [3.05, 3.63) is 0 Å². The highest BCUT2D eigenvalue weighted by molar-refractivity contribution is 5.84. The van der Waals surface area contributed by atoms with Crippen molar-refractivity contribution in [2.24, 2.45) is 5.92 Å². The predicted molar refractivity (Wildman–Crippen MR) is 62.3 cm³/mol. The summed E-state index contributed by atoms with van der Waals surface area (Å²) in [6, 6.07) is 0.363. The highest BCUT2D eigenvalue weighted by Gasteiger charge is 2.34. The number of nitrogens with one attached hydrogen (secondary N) is 1. The van der Waals surface area contributed by atoms with Crippen molar-refractivity contribution < 1.29 is 14.3 Å². The molecule has 2 aliphatic rings. The van der Waals surface area contributed by atoms with E-state index in [9.17, 15) is 9.59 Å². The molecule has 17 heavy (non-hydrogen) atoms. The van der Waals surface area contributed by atoms with Gasteiger partial charge in [-0.3, -0.25) is 9.59 Å². The third kappa shape index (κ3) is 2.77. The fraction of sp³-hybridized carbons (Fsp3) is 0.833. The van der Waals surface area contributed by atoms with E-state index < -0.39 is 0 Å². The number of rotatable bonds is 2. The fourth-order valence-electron chi connectivity index (χ4n) is 2.72. The van der Waals surface area contributed by atoms with Gasteiger partial charge >= 0.3 is 5.97 Å². The van der Waals surface area contributed by atoms with Gasteiger partial charge in [0, 0.05) is 19.0 Å². The second-order valence-corrected chi connectivity index (χ2v) is 4.78. The third-order valence-corrected chi connectivity index (χ3v) is 3.74. The molecule has 0 radical (unpaired) electrons. The maximum atomic E-state index is 12.0. The summed E-state index contributed by atoms with van der Waals surface area (Å²) in [4.78, 5) is 25.4. The van der Waals surface area contributed by atoms with Crippen LogP contribution in [0, 0.1) is 5.92 Å². The zero-order valence-electron chi connectivity index (χ0n) is 10.3. The molecule has 0 spiro atoms. The Morgan fingerprint density at radius 2 is 2.06 bits per heavy atom. The van der Waals surface area contributed by atoms with E-state index in [1.54, 1.807) is 0 Å². The van der Waals surface area contributed by atoms with Gasteiger partial charge in [0.1, 0.15) is 0 Å². The van der Waals surface area contributed by atoms with Crippen molar-refractivity contribution in [3.8, 4) is 0 Å². The normalized spacial score (nSPS) is 27.0. The SMILES string of the molecule is COC(=O)C1CCN(C2CCNCC2)C(=O)C1. The molecule has 5 nitrogen and oxygen atoms in total. The van der Waals surface area contributed by atoms with Gasteiger partial charge < -0.3 is 15.0 Å². The van der Waals surface area contributed by atoms with E-state index in [4.69, 9.17) is 4.74 Å². The Bertz CT molecular complexity index is 300. The van der Waals surface area contributed by atoms with Crippen LogP contribution in [0.25, 0.3) is 0 Å². The molecule has 1 atom stereocenters. The van der Waals surface area contributed by atoms with Crippen molar-refractivity contribution in [1.29, 1.82) is 0 Å². The van der Waals surface area contributed by atoms with Crippen molar-refractivity contribution in [3.63, 3.8) is 0 Å². The number of esters is 1. The van der Waals surface area contributed by atoms with E-state index in [0.29, 0.717) is 19.0 Å². The number of ether oxygens (including phenoxy) is 1. The molecule has 1 N–H and O–H groups in total. The van der Waals surface area contributed by atoms with Crippen molar-refractivity contribution in [2.45, 2.75) is 31.7 Å². The maximum absolute atomic E-state index is 12.0. The lowest BCUT2D eigenvalue weighted by Gasteiger charge is -2.38. The van der Waals surface area contributed by atoms with Gasteiger partial charge in [-0.1, -0.05) is 0 Å². The molecule has 0 aliphatic carbocycles. The highest BCUT2D eigenvalue weighted by atomic mass is 16.5. The first kappa shape index (κ1) is 12.4. The fourth-order valence-corrected chi connectivity index (χ4v) is 2.72. The van der Waals surface area contributed by atoms with E-state index in [1.165, 1.54) is 7.11 Å². The average molecular weight is 240 g/mol. The number of carbonyl (C=O) groups is 2. The van der Waals surface area contributed by atoms with Crippen molar-refractivity contribution in [2.75, 3.05) is 26.7 Å². The zero-order valence-corrected chi connectivity index (χ0v) is 10.3. The first-order valence-electron chi connectivity index (χ1n) is 6.30. The van der Waals surface area contributed by atoms with Crippen LogP contribution in [0.1, 0.15) is 25.7 Å². The first-order valence-corrected chi connectivity index (χ1v) is 6.30. The Morgan fingerprint density at radius 1 is 1.35 bits per heavy atom. The van der Waals surface area contributed by atoms with Gasteiger partial charge in [0.05, 0.1) is 13.0 Å². The zero-order chi connectivity index (χ0) is 12.3. The first-order chi connectivity index (χ1) is 8.22. The lowest BCUT2D eigenvalue weighted by molar-refractivity contribution is -0.153. The van der Waals surface area contributed by atoms with Crippen LogP contribution in [-0.4, -0.2) is 49.6 Å². The molecule has 1 amide bonds. The molecule has 0 aromatic heterocycles. The summed E-state index contributed by atoms with van der Waals surface area (Å²) in [7, 11) is 1.38. The highest BCUT2D eigenvalue weighted by Crippen LogP contribution is 2.24. The van der Waals surface area contributed by atoms with Gasteiger partial charge in [-0.15, -0.1) is 0 Å². The smallest absolute Gasteiger partial charge is 0.309 e. The van der Waals surface area contributed by atoms with Crippen LogP contribution in [0.4, 0.5) is 0 Å². The maximum Gasteiger partial charge on any atom is 0.309 e. The number of piperidine rings is 2. The summed E-state index contributed by atoms with van der Waals surface area (Å²) in [6.07, 6.45) is 3.10. The second-order valence-electron chi connectivity index (χ2n) is 4.78. The number of nitrogens with zero attached hydrogens (tertiary/aromatic N) is 1. The van der Waals surface area contributed by atoms with E-state index >= 15 is 0 Å². The molecule has 0 bridgehead atoms. The lowest BCUT2D eigenvalue weighted by atomic mass is 9.93.